The molecule has 1 aliphatic heterocycles. The molecule has 2 aliphatic rings. The van der Waals surface area contributed by atoms with Gasteiger partial charge in [0.15, 0.2) is 5.96 Å². The standard InChI is InChI=1S/C19H30N4/c20-19(22-17-8-4-1-2-5-9-17)21-14-16-12-13-23(15-16)18-10-6-3-7-11-18/h3,6-7,10-11,16-17H,1-2,4-5,8-9,12-15H2,(H3,20,21,22). The molecule has 1 atom stereocenters. The Labute approximate surface area is 140 Å². The first-order valence-electron chi connectivity index (χ1n) is 9.18. The third-order valence-corrected chi connectivity index (χ3v) is 5.13. The molecule has 4 heteroatoms. The molecule has 0 radical (unpaired) electrons. The van der Waals surface area contributed by atoms with Crippen molar-refractivity contribution in [2.45, 2.75) is 51.0 Å². The lowest BCUT2D eigenvalue weighted by Crippen LogP contribution is -2.40. The summed E-state index contributed by atoms with van der Waals surface area (Å²) < 4.78 is 0. The molecule has 1 aliphatic carbocycles. The molecule has 1 aromatic carbocycles. The molecule has 0 bridgehead atoms. The van der Waals surface area contributed by atoms with Gasteiger partial charge in [0, 0.05) is 31.4 Å². The van der Waals surface area contributed by atoms with Crippen LogP contribution in [0, 0.1) is 5.92 Å². The lowest BCUT2D eigenvalue weighted by molar-refractivity contribution is 0.527. The van der Waals surface area contributed by atoms with E-state index in [0.717, 1.165) is 19.6 Å². The number of para-hydroxylation sites is 1. The molecule has 1 saturated carbocycles. The summed E-state index contributed by atoms with van der Waals surface area (Å²) in [5.41, 5.74) is 7.43. The van der Waals surface area contributed by atoms with Gasteiger partial charge >= 0.3 is 0 Å². The van der Waals surface area contributed by atoms with Gasteiger partial charge in [0.1, 0.15) is 0 Å². The Kier molecular flexibility index (Phi) is 5.78. The van der Waals surface area contributed by atoms with Gasteiger partial charge in [-0.1, -0.05) is 43.9 Å². The maximum atomic E-state index is 6.10. The fourth-order valence-corrected chi connectivity index (χ4v) is 3.76. The number of nitrogens with one attached hydrogen (secondary N) is 1. The lowest BCUT2D eigenvalue weighted by atomic mass is 10.1. The molecule has 1 aromatic rings. The van der Waals surface area contributed by atoms with E-state index in [1.807, 2.05) is 0 Å². The molecular formula is C19H30N4. The average Bonchev–Trinajstić information content (AvgIpc) is 2.91. The third kappa shape index (κ3) is 4.88. The summed E-state index contributed by atoms with van der Waals surface area (Å²) >= 11 is 0. The lowest BCUT2D eigenvalue weighted by Gasteiger charge is -2.19. The van der Waals surface area contributed by atoms with Crippen LogP contribution in [0.15, 0.2) is 35.3 Å². The molecule has 126 valence electrons. The fraction of sp³-hybridized carbons (Fsp3) is 0.632. The molecular weight excluding hydrogens is 284 g/mol. The molecule has 2 fully saturated rings. The van der Waals surface area contributed by atoms with E-state index < -0.39 is 0 Å². The first-order chi connectivity index (χ1) is 11.3. The van der Waals surface area contributed by atoms with Crippen LogP contribution in [0.2, 0.25) is 0 Å². The molecule has 3 rings (SSSR count). The van der Waals surface area contributed by atoms with E-state index in [0.29, 0.717) is 17.9 Å². The Hall–Kier alpha value is -1.71. The summed E-state index contributed by atoms with van der Waals surface area (Å²) in [5, 5.41) is 3.44. The Morgan fingerprint density at radius 1 is 1.09 bits per heavy atom. The van der Waals surface area contributed by atoms with Crippen molar-refractivity contribution in [1.29, 1.82) is 0 Å². The number of hydrogen-bond acceptors (Lipinski definition) is 2. The van der Waals surface area contributed by atoms with Crippen LogP contribution in [-0.4, -0.2) is 31.6 Å². The molecule has 0 amide bonds. The fourth-order valence-electron chi connectivity index (χ4n) is 3.76. The molecule has 1 saturated heterocycles. The molecule has 0 aromatic heterocycles. The van der Waals surface area contributed by atoms with Crippen LogP contribution in [0.5, 0.6) is 0 Å². The molecule has 0 spiro atoms. The van der Waals surface area contributed by atoms with E-state index in [1.54, 1.807) is 0 Å². The van der Waals surface area contributed by atoms with Gasteiger partial charge in [0.2, 0.25) is 0 Å². The van der Waals surface area contributed by atoms with E-state index in [-0.39, 0.29) is 0 Å². The highest BCUT2D eigenvalue weighted by Gasteiger charge is 2.22. The zero-order chi connectivity index (χ0) is 15.9. The second kappa shape index (κ2) is 8.23. The van der Waals surface area contributed by atoms with Crippen LogP contribution in [0.4, 0.5) is 5.69 Å². The highest BCUT2D eigenvalue weighted by atomic mass is 15.2. The number of hydrogen-bond donors (Lipinski definition) is 2. The van der Waals surface area contributed by atoms with Gasteiger partial charge in [-0.05, 0) is 37.3 Å². The van der Waals surface area contributed by atoms with Gasteiger partial charge in [-0.2, -0.15) is 0 Å². The summed E-state index contributed by atoms with van der Waals surface area (Å²) in [6.45, 7) is 3.05. The smallest absolute Gasteiger partial charge is 0.188 e. The highest BCUT2D eigenvalue weighted by molar-refractivity contribution is 5.78. The second-order valence-electron chi connectivity index (χ2n) is 7.00. The number of aliphatic imine (C=N–C) groups is 1. The van der Waals surface area contributed by atoms with Crippen molar-refractivity contribution in [3.63, 3.8) is 0 Å². The number of nitrogens with two attached hydrogens (primary N) is 1. The van der Waals surface area contributed by atoms with Gasteiger partial charge < -0.3 is 16.0 Å². The van der Waals surface area contributed by atoms with Crippen LogP contribution in [-0.2, 0) is 0 Å². The summed E-state index contributed by atoms with van der Waals surface area (Å²) in [4.78, 5) is 7.07. The van der Waals surface area contributed by atoms with E-state index in [1.165, 1.54) is 50.6 Å². The van der Waals surface area contributed by atoms with Gasteiger partial charge in [0.05, 0.1) is 0 Å². The van der Waals surface area contributed by atoms with Crippen LogP contribution in [0.3, 0.4) is 0 Å². The van der Waals surface area contributed by atoms with Gasteiger partial charge in [-0.3, -0.25) is 4.99 Å². The van der Waals surface area contributed by atoms with Gasteiger partial charge in [-0.15, -0.1) is 0 Å². The van der Waals surface area contributed by atoms with E-state index in [4.69, 9.17) is 5.73 Å². The van der Waals surface area contributed by atoms with E-state index in [2.05, 4.69) is 45.5 Å². The SMILES string of the molecule is NC(=NCC1CCN(c2ccccc2)C1)NC1CCCCCC1. The maximum Gasteiger partial charge on any atom is 0.188 e. The summed E-state index contributed by atoms with van der Waals surface area (Å²) in [7, 11) is 0. The van der Waals surface area contributed by atoms with Gasteiger partial charge in [-0.25, -0.2) is 0 Å². The van der Waals surface area contributed by atoms with E-state index >= 15 is 0 Å². The first-order valence-corrected chi connectivity index (χ1v) is 9.18. The maximum absolute atomic E-state index is 6.10. The quantitative estimate of drug-likeness (QED) is 0.510. The third-order valence-electron chi connectivity index (χ3n) is 5.13. The largest absolute Gasteiger partial charge is 0.371 e. The van der Waals surface area contributed by atoms with Crippen LogP contribution in [0.1, 0.15) is 44.9 Å². The van der Waals surface area contributed by atoms with Gasteiger partial charge in [0.25, 0.3) is 0 Å². The number of guanidine groups is 1. The van der Waals surface area contributed by atoms with Crippen LogP contribution < -0.4 is 16.0 Å². The minimum atomic E-state index is 0.533. The Balaban J connectivity index is 1.44. The monoisotopic (exact) mass is 314 g/mol. The van der Waals surface area contributed by atoms with Crippen molar-refractivity contribution in [3.8, 4) is 0 Å². The predicted molar refractivity (Wildman–Crippen MR) is 97.9 cm³/mol. The normalized spacial score (nSPS) is 23.7. The van der Waals surface area contributed by atoms with Crippen LogP contribution in [0.25, 0.3) is 0 Å². The molecule has 3 N–H and O–H groups in total. The first kappa shape index (κ1) is 16.2. The topological polar surface area (TPSA) is 53.6 Å². The van der Waals surface area contributed by atoms with Crippen molar-refractivity contribution in [2.24, 2.45) is 16.6 Å². The number of nitrogens with zero attached hydrogens (tertiary/aromatic N) is 2. The second-order valence-corrected chi connectivity index (χ2v) is 7.00. The van der Waals surface area contributed by atoms with Crippen molar-refractivity contribution >= 4 is 11.6 Å². The minimum Gasteiger partial charge on any atom is -0.371 e. The number of rotatable bonds is 4. The van der Waals surface area contributed by atoms with Crippen molar-refractivity contribution in [1.82, 2.24) is 5.32 Å². The molecule has 23 heavy (non-hydrogen) atoms. The summed E-state index contributed by atoms with van der Waals surface area (Å²) in [5.74, 6) is 1.26. The van der Waals surface area contributed by atoms with Crippen molar-refractivity contribution in [3.05, 3.63) is 30.3 Å². The summed E-state index contributed by atoms with van der Waals surface area (Å²) in [6.07, 6.45) is 9.05. The Morgan fingerprint density at radius 3 is 2.57 bits per heavy atom. The van der Waals surface area contributed by atoms with Crippen molar-refractivity contribution in [2.75, 3.05) is 24.5 Å². The molecule has 1 unspecified atom stereocenters. The van der Waals surface area contributed by atoms with Crippen molar-refractivity contribution < 1.29 is 0 Å². The van der Waals surface area contributed by atoms with E-state index in [9.17, 15) is 0 Å². The van der Waals surface area contributed by atoms with Crippen LogP contribution >= 0.6 is 0 Å². The Bertz CT molecular complexity index is 491. The molecule has 1 heterocycles. The average molecular weight is 314 g/mol. The zero-order valence-corrected chi connectivity index (χ0v) is 14.1. The minimum absolute atomic E-state index is 0.533. The molecule has 4 nitrogen and oxygen atoms in total. The highest BCUT2D eigenvalue weighted by Crippen LogP contribution is 2.23. The number of benzene rings is 1. The zero-order valence-electron chi connectivity index (χ0n) is 14.1. The predicted octanol–water partition coefficient (Wildman–Crippen LogP) is 3.14. The summed E-state index contributed by atoms with van der Waals surface area (Å²) in [6, 6.07) is 11.2. The number of anilines is 1. The Morgan fingerprint density at radius 2 is 1.83 bits per heavy atom.